The predicted octanol–water partition coefficient (Wildman–Crippen LogP) is 2.61. The first-order valence-electron chi connectivity index (χ1n) is 4.24. The quantitative estimate of drug-likeness (QED) is 0.849. The van der Waals surface area contributed by atoms with E-state index in [0.29, 0.717) is 5.56 Å². The van der Waals surface area contributed by atoms with Gasteiger partial charge in [0.15, 0.2) is 0 Å². The molecule has 0 unspecified atom stereocenters. The van der Waals surface area contributed by atoms with E-state index >= 15 is 0 Å². The molecule has 70 valence electrons. The van der Waals surface area contributed by atoms with Gasteiger partial charge < -0.3 is 5.11 Å². The maximum Gasteiger partial charge on any atom is 0.128 e. The molecule has 1 aliphatic rings. The van der Waals surface area contributed by atoms with E-state index < -0.39 is 0 Å². The Labute approximate surface area is 84.7 Å². The zero-order valence-corrected chi connectivity index (χ0v) is 8.64. The van der Waals surface area contributed by atoms with Gasteiger partial charge in [0.25, 0.3) is 0 Å². The summed E-state index contributed by atoms with van der Waals surface area (Å²) in [6.07, 6.45) is 1.78. The average molecular weight is 245 g/mol. The van der Waals surface area contributed by atoms with Crippen molar-refractivity contribution in [3.05, 3.63) is 34.1 Å². The lowest BCUT2D eigenvalue weighted by atomic mass is 9.97. The van der Waals surface area contributed by atoms with Crippen molar-refractivity contribution < 1.29 is 9.50 Å². The van der Waals surface area contributed by atoms with E-state index in [0.717, 1.165) is 17.3 Å². The Balaban J connectivity index is 2.41. The highest BCUT2D eigenvalue weighted by Gasteiger charge is 2.45. The van der Waals surface area contributed by atoms with Crippen LogP contribution in [-0.2, 0) is 5.41 Å². The van der Waals surface area contributed by atoms with Gasteiger partial charge in [0.1, 0.15) is 5.82 Å². The van der Waals surface area contributed by atoms with Crippen molar-refractivity contribution in [2.24, 2.45) is 0 Å². The first kappa shape index (κ1) is 9.16. The van der Waals surface area contributed by atoms with E-state index in [4.69, 9.17) is 5.11 Å². The Bertz CT molecular complexity index is 334. The molecule has 2 rings (SSSR count). The normalized spacial score (nSPS) is 18.7. The summed E-state index contributed by atoms with van der Waals surface area (Å²) in [6.45, 7) is 0.0472. The van der Waals surface area contributed by atoms with Crippen molar-refractivity contribution in [1.29, 1.82) is 0 Å². The number of benzene rings is 1. The van der Waals surface area contributed by atoms with Gasteiger partial charge in [0.2, 0.25) is 0 Å². The fourth-order valence-corrected chi connectivity index (χ4v) is 1.92. The summed E-state index contributed by atoms with van der Waals surface area (Å²) in [5, 5.41) is 9.13. The first-order valence-corrected chi connectivity index (χ1v) is 5.04. The minimum absolute atomic E-state index is 0.0472. The van der Waals surface area contributed by atoms with Crippen LogP contribution in [0.25, 0.3) is 0 Å². The molecular weight excluding hydrogens is 235 g/mol. The smallest absolute Gasteiger partial charge is 0.128 e. The van der Waals surface area contributed by atoms with E-state index in [1.807, 2.05) is 6.07 Å². The van der Waals surface area contributed by atoms with E-state index in [1.54, 1.807) is 6.07 Å². The summed E-state index contributed by atoms with van der Waals surface area (Å²) < 4.78 is 14.2. The molecule has 1 fully saturated rings. The van der Waals surface area contributed by atoms with Crippen molar-refractivity contribution in [2.45, 2.75) is 18.3 Å². The molecule has 0 amide bonds. The van der Waals surface area contributed by atoms with E-state index in [2.05, 4.69) is 15.9 Å². The van der Waals surface area contributed by atoms with Crippen molar-refractivity contribution >= 4 is 15.9 Å². The molecule has 0 bridgehead atoms. The van der Waals surface area contributed by atoms with Crippen LogP contribution in [0.3, 0.4) is 0 Å². The third kappa shape index (κ3) is 1.51. The van der Waals surface area contributed by atoms with Crippen LogP contribution in [-0.4, -0.2) is 11.7 Å². The number of hydrogen-bond donors (Lipinski definition) is 1. The topological polar surface area (TPSA) is 20.2 Å². The maximum absolute atomic E-state index is 13.4. The lowest BCUT2D eigenvalue weighted by Gasteiger charge is -2.12. The van der Waals surface area contributed by atoms with Crippen LogP contribution in [0, 0.1) is 5.82 Å². The molecule has 0 radical (unpaired) electrons. The SMILES string of the molecule is OCC1(c2ccc(Br)cc2F)CC1. The molecule has 1 saturated carbocycles. The Morgan fingerprint density at radius 3 is 2.62 bits per heavy atom. The second-order valence-electron chi connectivity index (χ2n) is 3.56. The molecule has 0 aliphatic heterocycles. The number of halogens is 2. The van der Waals surface area contributed by atoms with Gasteiger partial charge in [0.05, 0.1) is 6.61 Å². The van der Waals surface area contributed by atoms with Crippen LogP contribution in [0.5, 0.6) is 0 Å². The van der Waals surface area contributed by atoms with Gasteiger partial charge in [-0.05, 0) is 30.5 Å². The molecule has 0 aromatic heterocycles. The van der Waals surface area contributed by atoms with Crippen LogP contribution in [0.4, 0.5) is 4.39 Å². The van der Waals surface area contributed by atoms with Crippen molar-refractivity contribution in [3.63, 3.8) is 0 Å². The number of aliphatic hydroxyl groups excluding tert-OH is 1. The molecule has 3 heteroatoms. The molecule has 1 N–H and O–H groups in total. The Hall–Kier alpha value is -0.410. The third-order valence-electron chi connectivity index (χ3n) is 2.66. The fourth-order valence-electron chi connectivity index (χ4n) is 1.58. The van der Waals surface area contributed by atoms with Gasteiger partial charge in [0, 0.05) is 9.89 Å². The minimum atomic E-state index is -0.273. The first-order chi connectivity index (χ1) is 6.18. The molecule has 1 nitrogen and oxygen atoms in total. The Morgan fingerprint density at radius 1 is 1.46 bits per heavy atom. The molecule has 1 aromatic carbocycles. The average Bonchev–Trinajstić information content (AvgIpc) is 2.85. The molecule has 0 atom stereocenters. The Morgan fingerprint density at radius 2 is 2.15 bits per heavy atom. The zero-order valence-electron chi connectivity index (χ0n) is 7.06. The van der Waals surface area contributed by atoms with Gasteiger partial charge in [-0.15, -0.1) is 0 Å². The second kappa shape index (κ2) is 3.07. The van der Waals surface area contributed by atoms with Crippen LogP contribution in [0.2, 0.25) is 0 Å². The Kier molecular flexibility index (Phi) is 2.16. The number of rotatable bonds is 2. The highest BCUT2D eigenvalue weighted by molar-refractivity contribution is 9.10. The van der Waals surface area contributed by atoms with Gasteiger partial charge in [-0.2, -0.15) is 0 Å². The monoisotopic (exact) mass is 244 g/mol. The maximum atomic E-state index is 13.4. The summed E-state index contributed by atoms with van der Waals surface area (Å²) in [5.41, 5.74) is 0.378. The van der Waals surface area contributed by atoms with Crippen LogP contribution in [0.15, 0.2) is 22.7 Å². The summed E-state index contributed by atoms with van der Waals surface area (Å²) >= 11 is 3.20. The second-order valence-corrected chi connectivity index (χ2v) is 4.48. The summed E-state index contributed by atoms with van der Waals surface area (Å²) in [4.78, 5) is 0. The van der Waals surface area contributed by atoms with Crippen LogP contribution >= 0.6 is 15.9 Å². The highest BCUT2D eigenvalue weighted by atomic mass is 79.9. The van der Waals surface area contributed by atoms with E-state index in [9.17, 15) is 4.39 Å². The van der Waals surface area contributed by atoms with Crippen molar-refractivity contribution in [2.75, 3.05) is 6.61 Å². The van der Waals surface area contributed by atoms with Gasteiger partial charge in [-0.3, -0.25) is 0 Å². The molecule has 1 aromatic rings. The molecule has 0 spiro atoms. The van der Waals surface area contributed by atoms with Gasteiger partial charge >= 0.3 is 0 Å². The lowest BCUT2D eigenvalue weighted by Crippen LogP contribution is -2.13. The lowest BCUT2D eigenvalue weighted by molar-refractivity contribution is 0.252. The fraction of sp³-hybridized carbons (Fsp3) is 0.400. The molecule has 0 heterocycles. The minimum Gasteiger partial charge on any atom is -0.395 e. The van der Waals surface area contributed by atoms with E-state index in [1.165, 1.54) is 6.07 Å². The van der Waals surface area contributed by atoms with Crippen LogP contribution < -0.4 is 0 Å². The standard InChI is InChI=1S/C10H10BrFO/c11-7-1-2-8(9(12)5-7)10(6-13)3-4-10/h1-2,5,13H,3-4,6H2. The van der Waals surface area contributed by atoms with E-state index in [-0.39, 0.29) is 17.8 Å². The largest absolute Gasteiger partial charge is 0.395 e. The molecule has 13 heavy (non-hydrogen) atoms. The third-order valence-corrected chi connectivity index (χ3v) is 3.15. The van der Waals surface area contributed by atoms with Crippen LogP contribution in [0.1, 0.15) is 18.4 Å². The van der Waals surface area contributed by atoms with Gasteiger partial charge in [-0.25, -0.2) is 4.39 Å². The molecule has 1 aliphatic carbocycles. The number of hydrogen-bond acceptors (Lipinski definition) is 1. The van der Waals surface area contributed by atoms with Gasteiger partial charge in [-0.1, -0.05) is 22.0 Å². The summed E-state index contributed by atoms with van der Waals surface area (Å²) in [6, 6.07) is 5.02. The van der Waals surface area contributed by atoms with Crippen molar-refractivity contribution in [3.8, 4) is 0 Å². The summed E-state index contributed by atoms with van der Waals surface area (Å²) in [7, 11) is 0. The number of aliphatic hydroxyl groups is 1. The predicted molar refractivity (Wildman–Crippen MR) is 52.1 cm³/mol. The molecular formula is C10H10BrFO. The zero-order chi connectivity index (χ0) is 9.47. The molecule has 0 saturated heterocycles. The van der Waals surface area contributed by atoms with Crippen molar-refractivity contribution in [1.82, 2.24) is 0 Å². The highest BCUT2D eigenvalue weighted by Crippen LogP contribution is 2.48. The summed E-state index contributed by atoms with van der Waals surface area (Å²) in [5.74, 6) is -0.221.